The Hall–Kier alpha value is -4.70. The minimum Gasteiger partial charge on any atom is -0.497 e. The Morgan fingerprint density at radius 3 is 2.31 bits per heavy atom. The zero-order chi connectivity index (χ0) is 30.3. The predicted octanol–water partition coefficient (Wildman–Crippen LogP) is 4.30. The Balaban J connectivity index is 1.65. The third-order valence-electron chi connectivity index (χ3n) is 7.15. The molecule has 0 amide bonds. The maximum absolute atomic E-state index is 14.0. The van der Waals surface area contributed by atoms with Crippen LogP contribution in [0.2, 0.25) is 0 Å². The van der Waals surface area contributed by atoms with Gasteiger partial charge in [-0.15, -0.1) is 0 Å². The summed E-state index contributed by atoms with van der Waals surface area (Å²) in [7, 11) is 1.58. The third-order valence-corrected chi connectivity index (χ3v) is 8.13. The Bertz CT molecular complexity index is 1910. The van der Waals surface area contributed by atoms with Gasteiger partial charge in [0.25, 0.3) is 5.56 Å². The second kappa shape index (κ2) is 11.3. The summed E-state index contributed by atoms with van der Waals surface area (Å²) in [4.78, 5) is 43.8. The van der Waals surface area contributed by atoms with Crippen LogP contribution in [-0.4, -0.2) is 39.4 Å². The fourth-order valence-corrected chi connectivity index (χ4v) is 6.22. The van der Waals surface area contributed by atoms with E-state index in [4.69, 9.17) is 9.47 Å². The summed E-state index contributed by atoms with van der Waals surface area (Å²) in [6.07, 6.45) is 1.50. The molecule has 216 valence electrons. The number of hydrogen-bond donors (Lipinski definition) is 1. The molecule has 42 heavy (non-hydrogen) atoms. The summed E-state index contributed by atoms with van der Waals surface area (Å²) < 4.78 is 14.9. The molecule has 5 rings (SSSR count). The number of aromatic nitrogens is 2. The van der Waals surface area contributed by atoms with Crippen molar-refractivity contribution < 1.29 is 24.2 Å². The van der Waals surface area contributed by atoms with Crippen LogP contribution in [0.15, 0.2) is 75.7 Å². The molecule has 1 aliphatic rings. The zero-order valence-corrected chi connectivity index (χ0v) is 25.0. The standard InChI is InChI=1S/C32H31N3O6S/c1-17(2)41-31(39)27-19(4)33-32-35(28(27)21-9-13-25(40-6)14-10-21)29(36)26(42-32)16-23-15-18(3)34(20(23)5)24-11-7-22(8-12-24)30(37)38/h7-17,28H,1-6H3,(H,37,38)/b26-16+/t28-/m1/s1. The SMILES string of the molecule is COc1ccc([C@@H]2C(C(=O)OC(C)C)=C(C)N=c3s/c(=C/c4cc(C)n(-c5ccc(C(=O)O)cc5)c4C)c(=O)n32)cc1. The Kier molecular flexibility index (Phi) is 7.74. The molecule has 0 aliphatic carbocycles. The summed E-state index contributed by atoms with van der Waals surface area (Å²) in [5.74, 6) is -0.840. The van der Waals surface area contributed by atoms with Gasteiger partial charge in [0.2, 0.25) is 0 Å². The number of nitrogens with zero attached hydrogens (tertiary/aromatic N) is 3. The number of thiazole rings is 1. The highest BCUT2D eigenvalue weighted by Gasteiger charge is 2.34. The van der Waals surface area contributed by atoms with Crippen LogP contribution in [-0.2, 0) is 9.53 Å². The first-order valence-corrected chi connectivity index (χ1v) is 14.2. The smallest absolute Gasteiger partial charge is 0.338 e. The van der Waals surface area contributed by atoms with Crippen molar-refractivity contribution in [3.05, 3.63) is 114 Å². The summed E-state index contributed by atoms with van der Waals surface area (Å²) in [6.45, 7) is 9.22. The Morgan fingerprint density at radius 2 is 1.71 bits per heavy atom. The fourth-order valence-electron chi connectivity index (χ4n) is 5.19. The summed E-state index contributed by atoms with van der Waals surface area (Å²) in [6, 6.07) is 15.2. The van der Waals surface area contributed by atoms with Gasteiger partial charge in [0.15, 0.2) is 4.80 Å². The van der Waals surface area contributed by atoms with Gasteiger partial charge in [-0.25, -0.2) is 14.6 Å². The molecule has 0 saturated carbocycles. The normalized spacial score (nSPS) is 15.0. The van der Waals surface area contributed by atoms with Gasteiger partial charge in [0, 0.05) is 17.1 Å². The number of benzene rings is 2. The van der Waals surface area contributed by atoms with Crippen molar-refractivity contribution in [1.29, 1.82) is 0 Å². The van der Waals surface area contributed by atoms with Crippen molar-refractivity contribution in [1.82, 2.24) is 9.13 Å². The van der Waals surface area contributed by atoms with Gasteiger partial charge in [0.1, 0.15) is 5.75 Å². The van der Waals surface area contributed by atoms with E-state index in [0.29, 0.717) is 26.4 Å². The Morgan fingerprint density at radius 1 is 1.05 bits per heavy atom. The number of methoxy groups -OCH3 is 1. The van der Waals surface area contributed by atoms with Gasteiger partial charge in [-0.3, -0.25) is 9.36 Å². The van der Waals surface area contributed by atoms with Gasteiger partial charge >= 0.3 is 11.9 Å². The average molecular weight is 586 g/mol. The molecule has 0 radical (unpaired) electrons. The number of esters is 1. The zero-order valence-electron chi connectivity index (χ0n) is 24.2. The van der Waals surface area contributed by atoms with Gasteiger partial charge in [0.05, 0.1) is 40.6 Å². The summed E-state index contributed by atoms with van der Waals surface area (Å²) in [5.41, 5.74) is 4.98. The number of hydrogen-bond acceptors (Lipinski definition) is 7. The van der Waals surface area contributed by atoms with Crippen LogP contribution >= 0.6 is 11.3 Å². The number of carboxylic acid groups (broad SMARTS) is 1. The molecule has 0 fully saturated rings. The number of aromatic carboxylic acids is 1. The number of aryl methyl sites for hydroxylation is 1. The quantitative estimate of drug-likeness (QED) is 0.324. The van der Waals surface area contributed by atoms with Crippen molar-refractivity contribution >= 4 is 29.4 Å². The highest BCUT2D eigenvalue weighted by atomic mass is 32.1. The maximum atomic E-state index is 14.0. The number of carboxylic acids is 1. The summed E-state index contributed by atoms with van der Waals surface area (Å²) in [5, 5.41) is 9.25. The molecule has 9 nitrogen and oxygen atoms in total. The first-order chi connectivity index (χ1) is 20.0. The molecule has 1 N–H and O–H groups in total. The van der Waals surface area contributed by atoms with E-state index in [2.05, 4.69) is 4.99 Å². The molecular weight excluding hydrogens is 554 g/mol. The lowest BCUT2D eigenvalue weighted by Gasteiger charge is -2.25. The van der Waals surface area contributed by atoms with Crippen LogP contribution in [0.25, 0.3) is 11.8 Å². The highest BCUT2D eigenvalue weighted by Crippen LogP contribution is 2.32. The predicted molar refractivity (Wildman–Crippen MR) is 160 cm³/mol. The summed E-state index contributed by atoms with van der Waals surface area (Å²) >= 11 is 1.26. The third kappa shape index (κ3) is 5.21. The average Bonchev–Trinajstić information content (AvgIpc) is 3.41. The lowest BCUT2D eigenvalue weighted by molar-refractivity contribution is -0.143. The molecule has 0 saturated heterocycles. The largest absolute Gasteiger partial charge is 0.497 e. The van der Waals surface area contributed by atoms with E-state index in [1.54, 1.807) is 68.8 Å². The number of allylic oxidation sites excluding steroid dienone is 1. The number of rotatable bonds is 7. The van der Waals surface area contributed by atoms with Crippen molar-refractivity contribution in [2.24, 2.45) is 4.99 Å². The number of carbonyl (C=O) groups excluding carboxylic acids is 1. The second-order valence-electron chi connectivity index (χ2n) is 10.3. The molecule has 2 aromatic carbocycles. The fraction of sp³-hybridized carbons (Fsp3) is 0.250. The lowest BCUT2D eigenvalue weighted by Crippen LogP contribution is -2.40. The molecule has 2 aromatic heterocycles. The van der Waals surface area contributed by atoms with Crippen LogP contribution in [0.4, 0.5) is 0 Å². The molecule has 0 bridgehead atoms. The van der Waals surface area contributed by atoms with Gasteiger partial charge in [-0.1, -0.05) is 23.5 Å². The monoisotopic (exact) mass is 585 g/mol. The van der Waals surface area contributed by atoms with Crippen LogP contribution < -0.4 is 19.6 Å². The van der Waals surface area contributed by atoms with E-state index in [9.17, 15) is 19.5 Å². The van der Waals surface area contributed by atoms with E-state index in [-0.39, 0.29) is 17.2 Å². The van der Waals surface area contributed by atoms with E-state index in [1.165, 1.54) is 11.3 Å². The van der Waals surface area contributed by atoms with Gasteiger partial charge in [-0.05, 0) is 94.3 Å². The minimum absolute atomic E-state index is 0.209. The van der Waals surface area contributed by atoms with Gasteiger partial charge in [-0.2, -0.15) is 0 Å². The molecular formula is C32H31N3O6S. The van der Waals surface area contributed by atoms with Crippen LogP contribution in [0.3, 0.4) is 0 Å². The Labute approximate surface area is 246 Å². The van der Waals surface area contributed by atoms with E-state index in [1.807, 2.05) is 42.7 Å². The van der Waals surface area contributed by atoms with E-state index >= 15 is 0 Å². The molecule has 3 heterocycles. The molecule has 0 spiro atoms. The van der Waals surface area contributed by atoms with Crippen molar-refractivity contribution in [3.63, 3.8) is 0 Å². The second-order valence-corrected chi connectivity index (χ2v) is 11.3. The number of fused-ring (bicyclic) bond motifs is 1. The maximum Gasteiger partial charge on any atom is 0.338 e. The van der Waals surface area contributed by atoms with Gasteiger partial charge < -0.3 is 19.1 Å². The molecule has 4 aromatic rings. The van der Waals surface area contributed by atoms with Crippen molar-refractivity contribution in [2.75, 3.05) is 7.11 Å². The van der Waals surface area contributed by atoms with Crippen LogP contribution in [0.1, 0.15) is 59.7 Å². The van der Waals surface area contributed by atoms with E-state index < -0.39 is 18.0 Å². The molecule has 10 heteroatoms. The molecule has 0 unspecified atom stereocenters. The molecule has 1 aliphatic heterocycles. The molecule has 1 atom stereocenters. The van der Waals surface area contributed by atoms with Crippen molar-refractivity contribution in [2.45, 2.75) is 46.8 Å². The lowest BCUT2D eigenvalue weighted by atomic mass is 9.96. The highest BCUT2D eigenvalue weighted by molar-refractivity contribution is 7.07. The van der Waals surface area contributed by atoms with E-state index in [0.717, 1.165) is 28.2 Å². The first kappa shape index (κ1) is 28.8. The van der Waals surface area contributed by atoms with Crippen LogP contribution in [0.5, 0.6) is 5.75 Å². The van der Waals surface area contributed by atoms with Crippen LogP contribution in [0, 0.1) is 13.8 Å². The van der Waals surface area contributed by atoms with Crippen molar-refractivity contribution in [3.8, 4) is 11.4 Å². The number of carbonyl (C=O) groups is 2. The first-order valence-electron chi connectivity index (χ1n) is 13.4. The minimum atomic E-state index is -0.984. The number of ether oxygens (including phenoxy) is 2. The topological polar surface area (TPSA) is 112 Å².